The van der Waals surface area contributed by atoms with Gasteiger partial charge < -0.3 is 15.5 Å². The minimum absolute atomic E-state index is 0.0132. The molecule has 0 heterocycles. The lowest BCUT2D eigenvalue weighted by atomic mass is 9.85. The van der Waals surface area contributed by atoms with Crippen LogP contribution in [0.4, 0.5) is 0 Å². The van der Waals surface area contributed by atoms with Crippen LogP contribution < -0.4 is 5.32 Å². The highest BCUT2D eigenvalue weighted by Crippen LogP contribution is 2.22. The molecule has 13 heavy (non-hydrogen) atoms. The van der Waals surface area contributed by atoms with Crippen molar-refractivity contribution in [3.8, 4) is 0 Å². The summed E-state index contributed by atoms with van der Waals surface area (Å²) >= 11 is 0. The summed E-state index contributed by atoms with van der Waals surface area (Å²) in [4.78, 5) is 0. The second-order valence-corrected chi connectivity index (χ2v) is 4.55. The van der Waals surface area contributed by atoms with Crippen molar-refractivity contribution < 1.29 is 10.2 Å². The van der Waals surface area contributed by atoms with Crippen LogP contribution in [0.2, 0.25) is 0 Å². The standard InChI is InChI=1S/C10H23NO2/c1-5-11-8(7-12)6-9(13)10(2,3)4/h8-9,11-13H,5-7H2,1-4H3. The molecule has 0 aromatic carbocycles. The largest absolute Gasteiger partial charge is 0.395 e. The predicted octanol–water partition coefficient (Wildman–Crippen LogP) is 0.754. The van der Waals surface area contributed by atoms with Crippen molar-refractivity contribution in [2.45, 2.75) is 46.3 Å². The van der Waals surface area contributed by atoms with Crippen LogP contribution >= 0.6 is 0 Å². The normalized spacial score (nSPS) is 17.1. The number of likely N-dealkylation sites (N-methyl/N-ethyl adjacent to an activating group) is 1. The van der Waals surface area contributed by atoms with Gasteiger partial charge in [0.15, 0.2) is 0 Å². The Morgan fingerprint density at radius 2 is 1.85 bits per heavy atom. The first-order chi connectivity index (χ1) is 5.91. The number of aliphatic hydroxyl groups excluding tert-OH is 2. The predicted molar refractivity (Wildman–Crippen MR) is 54.6 cm³/mol. The van der Waals surface area contributed by atoms with Gasteiger partial charge in [0, 0.05) is 6.04 Å². The van der Waals surface area contributed by atoms with Crippen LogP contribution in [0.15, 0.2) is 0 Å². The fourth-order valence-corrected chi connectivity index (χ4v) is 1.13. The molecule has 0 aromatic heterocycles. The first-order valence-corrected chi connectivity index (χ1v) is 4.94. The summed E-state index contributed by atoms with van der Waals surface area (Å²) in [6.45, 7) is 8.89. The summed E-state index contributed by atoms with van der Waals surface area (Å²) < 4.78 is 0. The monoisotopic (exact) mass is 189 g/mol. The van der Waals surface area contributed by atoms with Gasteiger partial charge >= 0.3 is 0 Å². The Morgan fingerprint density at radius 1 is 1.31 bits per heavy atom. The van der Waals surface area contributed by atoms with Crippen LogP contribution in [0.5, 0.6) is 0 Å². The summed E-state index contributed by atoms with van der Waals surface area (Å²) in [7, 11) is 0. The quantitative estimate of drug-likeness (QED) is 0.598. The van der Waals surface area contributed by atoms with E-state index in [2.05, 4.69) is 5.32 Å². The molecule has 3 nitrogen and oxygen atoms in total. The third-order valence-electron chi connectivity index (χ3n) is 2.22. The highest BCUT2D eigenvalue weighted by atomic mass is 16.3. The Balaban J connectivity index is 3.93. The van der Waals surface area contributed by atoms with Gasteiger partial charge in [0.2, 0.25) is 0 Å². The molecule has 0 radical (unpaired) electrons. The highest BCUT2D eigenvalue weighted by molar-refractivity contribution is 4.78. The molecular formula is C10H23NO2. The number of hydrogen-bond donors (Lipinski definition) is 3. The number of aliphatic hydroxyl groups is 2. The van der Waals surface area contributed by atoms with E-state index in [1.807, 2.05) is 27.7 Å². The Kier molecular flexibility index (Phi) is 5.53. The second-order valence-electron chi connectivity index (χ2n) is 4.55. The van der Waals surface area contributed by atoms with Crippen LogP contribution in [0, 0.1) is 5.41 Å². The second kappa shape index (κ2) is 5.58. The minimum Gasteiger partial charge on any atom is -0.395 e. The lowest BCUT2D eigenvalue weighted by Gasteiger charge is -2.29. The smallest absolute Gasteiger partial charge is 0.0604 e. The van der Waals surface area contributed by atoms with Gasteiger partial charge in [-0.3, -0.25) is 0 Å². The van der Waals surface area contributed by atoms with Gasteiger partial charge in [0.25, 0.3) is 0 Å². The maximum atomic E-state index is 9.76. The van der Waals surface area contributed by atoms with Gasteiger partial charge in [-0.05, 0) is 18.4 Å². The van der Waals surface area contributed by atoms with E-state index < -0.39 is 0 Å². The molecule has 0 fully saturated rings. The van der Waals surface area contributed by atoms with Crippen LogP contribution in [-0.2, 0) is 0 Å². The lowest BCUT2D eigenvalue weighted by Crippen LogP contribution is -2.39. The Labute approximate surface area is 81.2 Å². The molecule has 0 aromatic rings. The molecule has 3 N–H and O–H groups in total. The van der Waals surface area contributed by atoms with Crippen molar-refractivity contribution in [2.24, 2.45) is 5.41 Å². The zero-order valence-electron chi connectivity index (χ0n) is 9.17. The molecule has 0 aliphatic carbocycles. The number of rotatable bonds is 5. The van der Waals surface area contributed by atoms with E-state index in [1.54, 1.807) is 0 Å². The maximum Gasteiger partial charge on any atom is 0.0604 e. The Hall–Kier alpha value is -0.120. The van der Waals surface area contributed by atoms with Crippen molar-refractivity contribution in [2.75, 3.05) is 13.2 Å². The fraction of sp³-hybridized carbons (Fsp3) is 1.00. The molecule has 0 spiro atoms. The van der Waals surface area contributed by atoms with E-state index in [0.717, 1.165) is 6.54 Å². The minimum atomic E-state index is -0.372. The van der Waals surface area contributed by atoms with Crippen LogP contribution in [-0.4, -0.2) is 35.5 Å². The van der Waals surface area contributed by atoms with Crippen LogP contribution in [0.25, 0.3) is 0 Å². The Morgan fingerprint density at radius 3 is 2.15 bits per heavy atom. The summed E-state index contributed by atoms with van der Waals surface area (Å²) in [6, 6.07) is 0.0132. The summed E-state index contributed by atoms with van der Waals surface area (Å²) in [6.07, 6.45) is 0.233. The molecule has 0 aliphatic heterocycles. The van der Waals surface area contributed by atoms with Crippen LogP contribution in [0.1, 0.15) is 34.1 Å². The molecule has 0 saturated heterocycles. The molecule has 0 rings (SSSR count). The molecule has 0 saturated carbocycles. The van der Waals surface area contributed by atoms with E-state index in [1.165, 1.54) is 0 Å². The SMILES string of the molecule is CCNC(CO)CC(O)C(C)(C)C. The van der Waals surface area contributed by atoms with E-state index >= 15 is 0 Å². The average molecular weight is 189 g/mol. The van der Waals surface area contributed by atoms with E-state index in [4.69, 9.17) is 5.11 Å². The molecule has 0 bridgehead atoms. The first-order valence-electron chi connectivity index (χ1n) is 4.94. The zero-order chi connectivity index (χ0) is 10.5. The van der Waals surface area contributed by atoms with Crippen molar-refractivity contribution in [1.82, 2.24) is 5.32 Å². The van der Waals surface area contributed by atoms with E-state index in [9.17, 15) is 5.11 Å². The maximum absolute atomic E-state index is 9.76. The average Bonchev–Trinajstić information content (AvgIpc) is 2.01. The molecule has 2 atom stereocenters. The number of nitrogens with one attached hydrogen (secondary N) is 1. The molecular weight excluding hydrogens is 166 g/mol. The lowest BCUT2D eigenvalue weighted by molar-refractivity contribution is 0.0394. The van der Waals surface area contributed by atoms with Crippen molar-refractivity contribution >= 4 is 0 Å². The fourth-order valence-electron chi connectivity index (χ4n) is 1.13. The van der Waals surface area contributed by atoms with Crippen LogP contribution in [0.3, 0.4) is 0 Å². The van der Waals surface area contributed by atoms with Gasteiger partial charge in [0.1, 0.15) is 0 Å². The first kappa shape index (κ1) is 12.9. The van der Waals surface area contributed by atoms with Crippen molar-refractivity contribution in [3.63, 3.8) is 0 Å². The van der Waals surface area contributed by atoms with E-state index in [0.29, 0.717) is 6.42 Å². The van der Waals surface area contributed by atoms with Gasteiger partial charge in [-0.1, -0.05) is 27.7 Å². The summed E-state index contributed by atoms with van der Waals surface area (Å²) in [5.41, 5.74) is -0.108. The topological polar surface area (TPSA) is 52.5 Å². The molecule has 80 valence electrons. The van der Waals surface area contributed by atoms with E-state index in [-0.39, 0.29) is 24.2 Å². The zero-order valence-corrected chi connectivity index (χ0v) is 9.17. The van der Waals surface area contributed by atoms with Gasteiger partial charge in [0.05, 0.1) is 12.7 Å². The molecule has 0 aliphatic rings. The summed E-state index contributed by atoms with van der Waals surface area (Å²) in [5, 5.41) is 21.9. The number of hydrogen-bond acceptors (Lipinski definition) is 3. The van der Waals surface area contributed by atoms with Crippen molar-refractivity contribution in [3.05, 3.63) is 0 Å². The van der Waals surface area contributed by atoms with Gasteiger partial charge in [-0.2, -0.15) is 0 Å². The molecule has 0 amide bonds. The summed E-state index contributed by atoms with van der Waals surface area (Å²) in [5.74, 6) is 0. The third-order valence-corrected chi connectivity index (χ3v) is 2.22. The van der Waals surface area contributed by atoms with Gasteiger partial charge in [-0.15, -0.1) is 0 Å². The molecule has 2 unspecified atom stereocenters. The van der Waals surface area contributed by atoms with Crippen molar-refractivity contribution in [1.29, 1.82) is 0 Å². The Bertz CT molecular complexity index is 131. The van der Waals surface area contributed by atoms with Gasteiger partial charge in [-0.25, -0.2) is 0 Å². The third kappa shape index (κ3) is 5.24. The highest BCUT2D eigenvalue weighted by Gasteiger charge is 2.24. The molecule has 3 heteroatoms.